The lowest BCUT2D eigenvalue weighted by molar-refractivity contribution is 0.0909. The highest BCUT2D eigenvalue weighted by Gasteiger charge is 2.12. The molecule has 0 saturated heterocycles. The fraction of sp³-hybridized carbons (Fsp3) is 0.200. The summed E-state index contributed by atoms with van der Waals surface area (Å²) < 4.78 is 5.46. The van der Waals surface area contributed by atoms with E-state index in [4.69, 9.17) is 9.84 Å². The maximum absolute atomic E-state index is 8.87. The first-order valence-electron chi connectivity index (χ1n) is 9.56. The Morgan fingerprint density at radius 3 is 2.19 bits per heavy atom. The quantitative estimate of drug-likeness (QED) is 0.437. The van der Waals surface area contributed by atoms with Gasteiger partial charge in [-0.15, -0.1) is 0 Å². The first-order valence-corrected chi connectivity index (χ1v) is 9.56. The van der Waals surface area contributed by atoms with Crippen molar-refractivity contribution < 1.29 is 9.84 Å². The van der Waals surface area contributed by atoms with E-state index in [0.717, 1.165) is 12.8 Å². The minimum Gasteiger partial charge on any atom is -0.394 e. The Bertz CT molecular complexity index is 1050. The molecule has 0 heterocycles. The third kappa shape index (κ3) is 3.73. The minimum absolute atomic E-state index is 0.0806. The van der Waals surface area contributed by atoms with Gasteiger partial charge in [-0.2, -0.15) is 0 Å². The van der Waals surface area contributed by atoms with Gasteiger partial charge < -0.3 is 9.84 Å². The highest BCUT2D eigenvalue weighted by atomic mass is 16.5. The van der Waals surface area contributed by atoms with Crippen molar-refractivity contribution in [2.24, 2.45) is 0 Å². The number of benzene rings is 4. The summed E-state index contributed by atoms with van der Waals surface area (Å²) in [6.07, 6.45) is 1.89. The summed E-state index contributed by atoms with van der Waals surface area (Å²) in [7, 11) is 0. The number of hydrogen-bond acceptors (Lipinski definition) is 2. The van der Waals surface area contributed by atoms with E-state index in [9.17, 15) is 0 Å². The molecule has 2 heteroatoms. The van der Waals surface area contributed by atoms with Gasteiger partial charge in [-0.3, -0.25) is 0 Å². The number of fused-ring (bicyclic) bond motifs is 2. The molecule has 0 atom stereocenters. The topological polar surface area (TPSA) is 29.5 Å². The van der Waals surface area contributed by atoms with E-state index < -0.39 is 0 Å². The fourth-order valence-corrected chi connectivity index (χ4v) is 3.82. The van der Waals surface area contributed by atoms with Gasteiger partial charge in [0, 0.05) is 6.61 Å². The van der Waals surface area contributed by atoms with E-state index in [1.54, 1.807) is 0 Å². The molecule has 0 spiro atoms. The SMILES string of the molecule is OCCOCCCc1ccc2ccccc2c1-c1cccc2ccccc12. The van der Waals surface area contributed by atoms with Crippen LogP contribution in [-0.2, 0) is 11.2 Å². The lowest BCUT2D eigenvalue weighted by Gasteiger charge is -2.16. The van der Waals surface area contributed by atoms with Crippen LogP contribution in [0.25, 0.3) is 32.7 Å². The zero-order valence-corrected chi connectivity index (χ0v) is 15.4. The number of rotatable bonds is 7. The molecule has 136 valence electrons. The molecule has 0 bridgehead atoms. The van der Waals surface area contributed by atoms with E-state index in [0.29, 0.717) is 13.2 Å². The van der Waals surface area contributed by atoms with E-state index >= 15 is 0 Å². The molecular weight excluding hydrogens is 332 g/mol. The maximum Gasteiger partial charge on any atom is 0.0697 e. The summed E-state index contributed by atoms with van der Waals surface area (Å²) in [4.78, 5) is 0. The first kappa shape index (κ1) is 17.7. The van der Waals surface area contributed by atoms with Gasteiger partial charge in [-0.25, -0.2) is 0 Å². The van der Waals surface area contributed by atoms with Crippen LogP contribution in [0.1, 0.15) is 12.0 Å². The zero-order chi connectivity index (χ0) is 18.5. The van der Waals surface area contributed by atoms with E-state index in [1.807, 2.05) is 0 Å². The lowest BCUT2D eigenvalue weighted by Crippen LogP contribution is -2.02. The number of ether oxygens (including phenoxy) is 1. The fourth-order valence-electron chi connectivity index (χ4n) is 3.82. The molecule has 0 aliphatic carbocycles. The van der Waals surface area contributed by atoms with E-state index in [2.05, 4.69) is 78.9 Å². The Kier molecular flexibility index (Phi) is 5.47. The number of aliphatic hydroxyl groups excluding tert-OH is 1. The average Bonchev–Trinajstić information content (AvgIpc) is 2.73. The van der Waals surface area contributed by atoms with Crippen molar-refractivity contribution in [1.29, 1.82) is 0 Å². The molecule has 4 aromatic rings. The Balaban J connectivity index is 1.82. The molecule has 0 saturated carbocycles. The molecule has 0 aliphatic heterocycles. The predicted octanol–water partition coefficient (Wildman–Crippen LogP) is 5.60. The summed E-state index contributed by atoms with van der Waals surface area (Å²) in [5.74, 6) is 0. The Labute approximate surface area is 160 Å². The van der Waals surface area contributed by atoms with Gasteiger partial charge >= 0.3 is 0 Å². The molecule has 0 aliphatic rings. The average molecular weight is 356 g/mol. The van der Waals surface area contributed by atoms with Crippen molar-refractivity contribution >= 4 is 21.5 Å². The van der Waals surface area contributed by atoms with Gasteiger partial charge in [-0.1, -0.05) is 78.9 Å². The van der Waals surface area contributed by atoms with Crippen molar-refractivity contribution in [2.45, 2.75) is 12.8 Å². The van der Waals surface area contributed by atoms with Crippen molar-refractivity contribution in [2.75, 3.05) is 19.8 Å². The lowest BCUT2D eigenvalue weighted by atomic mass is 9.88. The standard InChI is InChI=1S/C25H24O2/c26-16-18-27-17-6-10-21-15-14-20-8-2-4-12-23(20)25(21)24-13-5-9-19-7-1-3-11-22(19)24/h1-5,7-9,11-15,26H,6,10,16-18H2. The van der Waals surface area contributed by atoms with Crippen LogP contribution in [0.15, 0.2) is 78.9 Å². The van der Waals surface area contributed by atoms with Crippen molar-refractivity contribution in [3.8, 4) is 11.1 Å². The van der Waals surface area contributed by atoms with Gasteiger partial charge in [0.15, 0.2) is 0 Å². The molecule has 0 aromatic heterocycles. The monoisotopic (exact) mass is 356 g/mol. The molecule has 0 amide bonds. The van der Waals surface area contributed by atoms with Crippen molar-refractivity contribution in [3.63, 3.8) is 0 Å². The Hall–Kier alpha value is -2.68. The second-order valence-electron chi connectivity index (χ2n) is 6.79. The molecule has 4 rings (SSSR count). The molecular formula is C25H24O2. The summed E-state index contributed by atoms with van der Waals surface area (Å²) in [6, 6.07) is 28.2. The Morgan fingerprint density at radius 1 is 0.667 bits per heavy atom. The van der Waals surface area contributed by atoms with Gasteiger partial charge in [0.25, 0.3) is 0 Å². The Morgan fingerprint density at radius 2 is 1.37 bits per heavy atom. The molecule has 0 radical (unpaired) electrons. The number of hydrogen-bond donors (Lipinski definition) is 1. The summed E-state index contributed by atoms with van der Waals surface area (Å²) in [5, 5.41) is 14.0. The van der Waals surface area contributed by atoms with Crippen LogP contribution in [0.5, 0.6) is 0 Å². The summed E-state index contributed by atoms with van der Waals surface area (Å²) in [5.41, 5.74) is 3.96. The van der Waals surface area contributed by atoms with Gasteiger partial charge in [0.1, 0.15) is 0 Å². The van der Waals surface area contributed by atoms with Crippen LogP contribution in [0.2, 0.25) is 0 Å². The van der Waals surface area contributed by atoms with Gasteiger partial charge in [0.05, 0.1) is 13.2 Å². The van der Waals surface area contributed by atoms with Gasteiger partial charge in [-0.05, 0) is 51.1 Å². The largest absolute Gasteiger partial charge is 0.394 e. The number of aliphatic hydroxyl groups is 1. The third-order valence-electron chi connectivity index (χ3n) is 5.04. The third-order valence-corrected chi connectivity index (χ3v) is 5.04. The maximum atomic E-state index is 8.87. The predicted molar refractivity (Wildman–Crippen MR) is 113 cm³/mol. The second-order valence-corrected chi connectivity index (χ2v) is 6.79. The molecule has 0 unspecified atom stereocenters. The molecule has 1 N–H and O–H groups in total. The molecule has 4 aromatic carbocycles. The molecule has 2 nitrogen and oxygen atoms in total. The van der Waals surface area contributed by atoms with E-state index in [-0.39, 0.29) is 6.61 Å². The highest BCUT2D eigenvalue weighted by Crippen LogP contribution is 2.37. The highest BCUT2D eigenvalue weighted by molar-refractivity contribution is 6.06. The smallest absolute Gasteiger partial charge is 0.0697 e. The van der Waals surface area contributed by atoms with Crippen LogP contribution in [0.4, 0.5) is 0 Å². The summed E-state index contributed by atoms with van der Waals surface area (Å²) in [6.45, 7) is 1.16. The molecule has 0 fully saturated rings. The minimum atomic E-state index is 0.0806. The van der Waals surface area contributed by atoms with Crippen molar-refractivity contribution in [3.05, 3.63) is 84.4 Å². The molecule has 27 heavy (non-hydrogen) atoms. The number of aryl methyl sites for hydroxylation is 1. The van der Waals surface area contributed by atoms with E-state index in [1.165, 1.54) is 38.2 Å². The second kappa shape index (κ2) is 8.34. The zero-order valence-electron chi connectivity index (χ0n) is 15.4. The van der Waals surface area contributed by atoms with Crippen LogP contribution < -0.4 is 0 Å². The first-order chi connectivity index (χ1) is 13.4. The normalized spacial score (nSPS) is 11.3. The van der Waals surface area contributed by atoms with Crippen LogP contribution in [0, 0.1) is 0 Å². The summed E-state index contributed by atoms with van der Waals surface area (Å²) >= 11 is 0. The van der Waals surface area contributed by atoms with Crippen LogP contribution in [-0.4, -0.2) is 24.9 Å². The van der Waals surface area contributed by atoms with Gasteiger partial charge in [0.2, 0.25) is 0 Å². The van der Waals surface area contributed by atoms with Crippen molar-refractivity contribution in [1.82, 2.24) is 0 Å². The van der Waals surface area contributed by atoms with Crippen LogP contribution in [0.3, 0.4) is 0 Å². The van der Waals surface area contributed by atoms with Crippen LogP contribution >= 0.6 is 0 Å².